The van der Waals surface area contributed by atoms with Crippen LogP contribution in [-0.2, 0) is 12.6 Å². The number of halogens is 3. The predicted molar refractivity (Wildman–Crippen MR) is 114 cm³/mol. The summed E-state index contributed by atoms with van der Waals surface area (Å²) in [5.74, 6) is -1.08. The smallest absolute Gasteiger partial charge is 0.416 e. The van der Waals surface area contributed by atoms with Crippen molar-refractivity contribution in [3.8, 4) is 5.69 Å². The molecule has 0 unspecified atom stereocenters. The van der Waals surface area contributed by atoms with Crippen LogP contribution in [0.2, 0.25) is 0 Å². The SMILES string of the molecule is CC(C)c1nn(-c2cccc3cc(Cc4cccc(C(F)(F)F)c4)sc23)cc1C(=O)O. The molecule has 1 N–H and O–H groups in total. The van der Waals surface area contributed by atoms with Crippen LogP contribution in [0.5, 0.6) is 0 Å². The summed E-state index contributed by atoms with van der Waals surface area (Å²) in [6.07, 6.45) is -2.49. The number of thiophene rings is 1. The summed E-state index contributed by atoms with van der Waals surface area (Å²) >= 11 is 1.47. The molecule has 0 fully saturated rings. The third kappa shape index (κ3) is 4.20. The lowest BCUT2D eigenvalue weighted by atomic mass is 10.1. The molecule has 2 heterocycles. The molecule has 31 heavy (non-hydrogen) atoms. The van der Waals surface area contributed by atoms with E-state index in [1.165, 1.54) is 29.7 Å². The van der Waals surface area contributed by atoms with Crippen molar-refractivity contribution in [2.75, 3.05) is 0 Å². The number of alkyl halides is 3. The summed E-state index contributed by atoms with van der Waals surface area (Å²) < 4.78 is 41.5. The normalized spacial score (nSPS) is 12.1. The van der Waals surface area contributed by atoms with Gasteiger partial charge in [-0.25, -0.2) is 9.48 Å². The van der Waals surface area contributed by atoms with Crippen molar-refractivity contribution >= 4 is 27.4 Å². The second kappa shape index (κ2) is 7.85. The number of carbonyl (C=O) groups is 1. The van der Waals surface area contributed by atoms with Crippen molar-refractivity contribution in [3.05, 3.63) is 82.0 Å². The van der Waals surface area contributed by atoms with Crippen LogP contribution in [0.25, 0.3) is 15.8 Å². The minimum atomic E-state index is -4.38. The molecule has 0 saturated heterocycles. The maximum Gasteiger partial charge on any atom is 0.416 e. The first-order valence-corrected chi connectivity index (χ1v) is 10.5. The molecule has 0 amide bonds. The topological polar surface area (TPSA) is 55.1 Å². The van der Waals surface area contributed by atoms with Gasteiger partial charge in [-0.1, -0.05) is 44.2 Å². The molecule has 2 aromatic carbocycles. The average Bonchev–Trinajstić information content (AvgIpc) is 3.31. The van der Waals surface area contributed by atoms with Gasteiger partial charge in [0.15, 0.2) is 0 Å². The van der Waals surface area contributed by atoms with Gasteiger partial charge >= 0.3 is 12.1 Å². The van der Waals surface area contributed by atoms with E-state index in [0.717, 1.165) is 26.7 Å². The molecule has 0 radical (unpaired) electrons. The Morgan fingerprint density at radius 3 is 2.55 bits per heavy atom. The van der Waals surface area contributed by atoms with Crippen molar-refractivity contribution in [2.24, 2.45) is 0 Å². The van der Waals surface area contributed by atoms with Gasteiger partial charge in [0.2, 0.25) is 0 Å². The van der Waals surface area contributed by atoms with E-state index in [-0.39, 0.29) is 11.5 Å². The number of aromatic nitrogens is 2. The van der Waals surface area contributed by atoms with Gasteiger partial charge in [0, 0.05) is 17.5 Å². The molecule has 0 aliphatic rings. The van der Waals surface area contributed by atoms with E-state index in [2.05, 4.69) is 5.10 Å². The van der Waals surface area contributed by atoms with Gasteiger partial charge in [-0.05, 0) is 35.1 Å². The van der Waals surface area contributed by atoms with E-state index in [0.29, 0.717) is 17.7 Å². The lowest BCUT2D eigenvalue weighted by molar-refractivity contribution is -0.137. The summed E-state index contributed by atoms with van der Waals surface area (Å²) in [6.45, 7) is 3.77. The van der Waals surface area contributed by atoms with E-state index < -0.39 is 17.7 Å². The highest BCUT2D eigenvalue weighted by Gasteiger charge is 2.30. The lowest BCUT2D eigenvalue weighted by Crippen LogP contribution is -2.05. The quantitative estimate of drug-likeness (QED) is 0.381. The van der Waals surface area contributed by atoms with Gasteiger partial charge < -0.3 is 5.11 Å². The minimum Gasteiger partial charge on any atom is -0.478 e. The number of carboxylic acids is 1. The zero-order chi connectivity index (χ0) is 22.3. The highest BCUT2D eigenvalue weighted by atomic mass is 32.1. The van der Waals surface area contributed by atoms with Crippen molar-refractivity contribution in [3.63, 3.8) is 0 Å². The number of carboxylic acid groups (broad SMARTS) is 1. The molecule has 0 saturated carbocycles. The van der Waals surface area contributed by atoms with Gasteiger partial charge in [0.25, 0.3) is 0 Å². The molecule has 0 spiro atoms. The first-order chi connectivity index (χ1) is 14.6. The Bertz CT molecular complexity index is 1270. The van der Waals surface area contributed by atoms with E-state index in [1.54, 1.807) is 10.7 Å². The Kier molecular flexibility index (Phi) is 5.35. The fourth-order valence-corrected chi connectivity index (χ4v) is 4.73. The Hall–Kier alpha value is -3.13. The summed E-state index contributed by atoms with van der Waals surface area (Å²) in [5.41, 5.74) is 1.33. The predicted octanol–water partition coefficient (Wildman–Crippen LogP) is 6.52. The standard InChI is InChI=1S/C23H19F3N2O2S/c1-13(2)20-18(22(29)30)12-28(27-20)19-8-4-6-15-11-17(31-21(15)19)10-14-5-3-7-16(9-14)23(24,25)26/h3-9,11-13H,10H2,1-2H3,(H,29,30). The van der Waals surface area contributed by atoms with Crippen molar-refractivity contribution in [2.45, 2.75) is 32.4 Å². The fourth-order valence-electron chi connectivity index (χ4n) is 3.53. The van der Waals surface area contributed by atoms with Crippen LogP contribution < -0.4 is 0 Å². The Morgan fingerprint density at radius 2 is 1.90 bits per heavy atom. The Labute approximate surface area is 180 Å². The second-order valence-electron chi connectivity index (χ2n) is 7.62. The van der Waals surface area contributed by atoms with Gasteiger partial charge in [-0.2, -0.15) is 18.3 Å². The Morgan fingerprint density at radius 1 is 1.16 bits per heavy atom. The zero-order valence-electron chi connectivity index (χ0n) is 16.8. The summed E-state index contributed by atoms with van der Waals surface area (Å²) in [6, 6.07) is 12.9. The number of nitrogens with zero attached hydrogens (tertiary/aromatic N) is 2. The largest absolute Gasteiger partial charge is 0.478 e. The zero-order valence-corrected chi connectivity index (χ0v) is 17.6. The van der Waals surface area contributed by atoms with Gasteiger partial charge in [0.05, 0.1) is 21.6 Å². The number of benzene rings is 2. The molecular weight excluding hydrogens is 425 g/mol. The molecule has 0 aliphatic carbocycles. The number of aromatic carboxylic acids is 1. The third-order valence-electron chi connectivity index (χ3n) is 4.97. The average molecular weight is 444 g/mol. The number of hydrogen-bond donors (Lipinski definition) is 1. The van der Waals surface area contributed by atoms with E-state index in [4.69, 9.17) is 0 Å². The minimum absolute atomic E-state index is 0.0497. The van der Waals surface area contributed by atoms with Crippen LogP contribution in [0.1, 0.15) is 51.8 Å². The van der Waals surface area contributed by atoms with E-state index in [1.807, 2.05) is 38.1 Å². The first kappa shape index (κ1) is 21.1. The van der Waals surface area contributed by atoms with Gasteiger partial charge in [0.1, 0.15) is 5.56 Å². The highest BCUT2D eigenvalue weighted by molar-refractivity contribution is 7.19. The summed E-state index contributed by atoms with van der Waals surface area (Å²) in [4.78, 5) is 12.5. The summed E-state index contributed by atoms with van der Waals surface area (Å²) in [5, 5.41) is 14.9. The summed E-state index contributed by atoms with van der Waals surface area (Å²) in [7, 11) is 0. The Balaban J connectivity index is 1.73. The fraction of sp³-hybridized carbons (Fsp3) is 0.217. The number of rotatable bonds is 5. The number of fused-ring (bicyclic) bond motifs is 1. The maximum absolute atomic E-state index is 13.0. The maximum atomic E-state index is 13.0. The van der Waals surface area contributed by atoms with Crippen molar-refractivity contribution < 1.29 is 23.1 Å². The van der Waals surface area contributed by atoms with Gasteiger partial charge in [-0.3, -0.25) is 0 Å². The molecule has 2 aromatic heterocycles. The van der Waals surface area contributed by atoms with Crippen molar-refractivity contribution in [1.82, 2.24) is 9.78 Å². The van der Waals surface area contributed by atoms with Crippen LogP contribution in [0.3, 0.4) is 0 Å². The van der Waals surface area contributed by atoms with Crippen molar-refractivity contribution in [1.29, 1.82) is 0 Å². The molecule has 4 aromatic rings. The van der Waals surface area contributed by atoms with Gasteiger partial charge in [-0.15, -0.1) is 11.3 Å². The molecule has 160 valence electrons. The molecular formula is C23H19F3N2O2S. The molecule has 4 rings (SSSR count). The van der Waals surface area contributed by atoms with E-state index in [9.17, 15) is 23.1 Å². The molecule has 0 atom stereocenters. The third-order valence-corrected chi connectivity index (χ3v) is 6.15. The lowest BCUT2D eigenvalue weighted by Gasteiger charge is -2.08. The van der Waals surface area contributed by atoms with Crippen LogP contribution in [0, 0.1) is 0 Å². The van der Waals surface area contributed by atoms with Crippen LogP contribution in [0.4, 0.5) is 13.2 Å². The number of hydrogen-bond acceptors (Lipinski definition) is 3. The molecule has 4 nitrogen and oxygen atoms in total. The first-order valence-electron chi connectivity index (χ1n) is 9.64. The molecule has 8 heteroatoms. The van der Waals surface area contributed by atoms with Crippen LogP contribution in [-0.4, -0.2) is 20.9 Å². The van der Waals surface area contributed by atoms with E-state index >= 15 is 0 Å². The molecule has 0 aliphatic heterocycles. The van der Waals surface area contributed by atoms with Crippen LogP contribution >= 0.6 is 11.3 Å². The second-order valence-corrected chi connectivity index (χ2v) is 8.75. The molecule has 0 bridgehead atoms. The highest BCUT2D eigenvalue weighted by Crippen LogP contribution is 2.34. The van der Waals surface area contributed by atoms with Crippen LogP contribution in [0.15, 0.2) is 54.7 Å². The monoisotopic (exact) mass is 444 g/mol.